The Bertz CT molecular complexity index is 1020. The number of amides is 2. The lowest BCUT2D eigenvalue weighted by Crippen LogP contribution is -2.31. The molecule has 0 heterocycles. The lowest BCUT2D eigenvalue weighted by atomic mass is 10.1. The number of hydrogen-bond acceptors (Lipinski definition) is 5. The summed E-state index contributed by atoms with van der Waals surface area (Å²) in [6, 6.07) is 18.4. The van der Waals surface area contributed by atoms with E-state index in [-0.39, 0.29) is 4.90 Å². The van der Waals surface area contributed by atoms with E-state index in [1.54, 1.807) is 29.7 Å². The zero-order valence-corrected chi connectivity index (χ0v) is 13.8. The van der Waals surface area contributed by atoms with Crippen LogP contribution in [0.15, 0.2) is 71.6 Å². The molecule has 0 saturated carbocycles. The quantitative estimate of drug-likeness (QED) is 0.608. The van der Waals surface area contributed by atoms with Crippen LogP contribution in [-0.4, -0.2) is 14.4 Å². The Morgan fingerprint density at radius 2 is 1.60 bits per heavy atom. The molecular formula is C17H15N3O4S. The van der Waals surface area contributed by atoms with Crippen molar-refractivity contribution in [1.82, 2.24) is 5.48 Å². The standard InChI is InChI=1S/C17H15N3O4S/c18-17(21)20-24-25(22,23)15-11-5-7-12-6-4-10-14(16(12)15)19-13-8-2-1-3-9-13/h1-11,19H,(H3,18,20,21). The van der Waals surface area contributed by atoms with E-state index in [9.17, 15) is 13.2 Å². The van der Waals surface area contributed by atoms with Crippen LogP contribution >= 0.6 is 0 Å². The summed E-state index contributed by atoms with van der Waals surface area (Å²) in [6.07, 6.45) is 0. The Labute approximate surface area is 144 Å². The maximum Gasteiger partial charge on any atom is 0.337 e. The maximum absolute atomic E-state index is 12.4. The first-order valence-electron chi connectivity index (χ1n) is 7.30. The van der Waals surface area contributed by atoms with Crippen molar-refractivity contribution in [3.63, 3.8) is 0 Å². The topological polar surface area (TPSA) is 111 Å². The van der Waals surface area contributed by atoms with Crippen LogP contribution in [0.5, 0.6) is 0 Å². The minimum atomic E-state index is -4.25. The van der Waals surface area contributed by atoms with E-state index >= 15 is 0 Å². The monoisotopic (exact) mass is 357 g/mol. The maximum atomic E-state index is 12.4. The van der Waals surface area contributed by atoms with E-state index in [1.807, 2.05) is 36.4 Å². The second-order valence-electron chi connectivity index (χ2n) is 5.15. The van der Waals surface area contributed by atoms with Crippen LogP contribution in [0.2, 0.25) is 0 Å². The molecule has 25 heavy (non-hydrogen) atoms. The molecule has 0 aliphatic carbocycles. The highest BCUT2D eigenvalue weighted by atomic mass is 32.2. The summed E-state index contributed by atoms with van der Waals surface area (Å²) in [5.41, 5.74) is 7.91. The summed E-state index contributed by atoms with van der Waals surface area (Å²) in [5.74, 6) is 0. The van der Waals surface area contributed by atoms with Crippen LogP contribution < -0.4 is 16.5 Å². The molecule has 0 atom stereocenters. The van der Waals surface area contributed by atoms with E-state index in [0.717, 1.165) is 5.69 Å². The van der Waals surface area contributed by atoms with Gasteiger partial charge in [0, 0.05) is 16.8 Å². The third-order valence-electron chi connectivity index (χ3n) is 3.44. The lowest BCUT2D eigenvalue weighted by molar-refractivity contribution is 0.189. The van der Waals surface area contributed by atoms with Crippen molar-refractivity contribution in [2.24, 2.45) is 5.73 Å². The van der Waals surface area contributed by atoms with Gasteiger partial charge in [0.05, 0.1) is 0 Å². The molecule has 3 rings (SSSR count). The van der Waals surface area contributed by atoms with Crippen LogP contribution in [0.25, 0.3) is 10.8 Å². The van der Waals surface area contributed by atoms with Crippen LogP contribution in [0.1, 0.15) is 0 Å². The second kappa shape index (κ2) is 6.80. The summed E-state index contributed by atoms with van der Waals surface area (Å²) in [6.45, 7) is 0. The number of fused-ring (bicyclic) bond motifs is 1. The molecule has 0 spiro atoms. The zero-order chi connectivity index (χ0) is 17.9. The molecule has 4 N–H and O–H groups in total. The minimum absolute atomic E-state index is 0.0854. The third kappa shape index (κ3) is 3.70. The van der Waals surface area contributed by atoms with Crippen LogP contribution in [0.3, 0.4) is 0 Å². The number of carbonyl (C=O) groups is 1. The van der Waals surface area contributed by atoms with Gasteiger partial charge in [0.1, 0.15) is 4.90 Å². The Balaban J connectivity index is 2.12. The highest BCUT2D eigenvalue weighted by Gasteiger charge is 2.21. The molecule has 0 aliphatic rings. The average Bonchev–Trinajstić information content (AvgIpc) is 2.61. The number of hydrogen-bond donors (Lipinski definition) is 3. The molecule has 0 fully saturated rings. The van der Waals surface area contributed by atoms with Crippen molar-refractivity contribution < 1.29 is 17.5 Å². The van der Waals surface area contributed by atoms with Gasteiger partial charge >= 0.3 is 16.1 Å². The molecule has 8 heteroatoms. The van der Waals surface area contributed by atoms with Crippen LogP contribution in [-0.2, 0) is 14.4 Å². The van der Waals surface area contributed by atoms with Gasteiger partial charge in [0.2, 0.25) is 0 Å². The number of rotatable bonds is 5. The summed E-state index contributed by atoms with van der Waals surface area (Å²) in [4.78, 5) is 10.7. The highest BCUT2D eigenvalue weighted by molar-refractivity contribution is 7.87. The fourth-order valence-corrected chi connectivity index (χ4v) is 3.44. The molecular weight excluding hydrogens is 342 g/mol. The Kier molecular flexibility index (Phi) is 4.55. The largest absolute Gasteiger partial charge is 0.355 e. The number of para-hydroxylation sites is 1. The first-order chi connectivity index (χ1) is 12.0. The predicted molar refractivity (Wildman–Crippen MR) is 94.7 cm³/mol. The van der Waals surface area contributed by atoms with Gasteiger partial charge in [-0.25, -0.2) is 4.79 Å². The van der Waals surface area contributed by atoms with E-state index in [0.29, 0.717) is 16.5 Å². The number of anilines is 2. The summed E-state index contributed by atoms with van der Waals surface area (Å²) in [7, 11) is -4.25. The molecule has 0 aromatic heterocycles. The van der Waals surface area contributed by atoms with E-state index < -0.39 is 16.1 Å². The van der Waals surface area contributed by atoms with Crippen molar-refractivity contribution in [2.75, 3.05) is 5.32 Å². The van der Waals surface area contributed by atoms with Crippen molar-refractivity contribution in [3.05, 3.63) is 66.7 Å². The minimum Gasteiger partial charge on any atom is -0.355 e. The molecule has 2 amide bonds. The number of nitrogens with one attached hydrogen (secondary N) is 2. The van der Waals surface area contributed by atoms with E-state index in [2.05, 4.69) is 9.60 Å². The van der Waals surface area contributed by atoms with Crippen LogP contribution in [0.4, 0.5) is 16.2 Å². The van der Waals surface area contributed by atoms with Gasteiger partial charge in [-0.05, 0) is 29.7 Å². The lowest BCUT2D eigenvalue weighted by Gasteiger charge is -2.13. The Hall–Kier alpha value is -3.10. The fourth-order valence-electron chi connectivity index (χ4n) is 2.44. The van der Waals surface area contributed by atoms with Gasteiger partial charge in [-0.2, -0.15) is 13.9 Å². The van der Waals surface area contributed by atoms with Crippen molar-refractivity contribution in [3.8, 4) is 0 Å². The molecule has 0 aliphatic heterocycles. The van der Waals surface area contributed by atoms with Gasteiger partial charge in [-0.15, -0.1) is 4.28 Å². The number of carbonyl (C=O) groups excluding carboxylic acids is 1. The van der Waals surface area contributed by atoms with Gasteiger partial charge in [-0.3, -0.25) is 0 Å². The molecule has 7 nitrogen and oxygen atoms in total. The number of benzene rings is 3. The molecule has 3 aromatic carbocycles. The van der Waals surface area contributed by atoms with Gasteiger partial charge in [0.25, 0.3) is 0 Å². The normalized spacial score (nSPS) is 11.2. The Morgan fingerprint density at radius 3 is 2.28 bits per heavy atom. The van der Waals surface area contributed by atoms with Crippen molar-refractivity contribution in [2.45, 2.75) is 4.90 Å². The number of urea groups is 1. The molecule has 0 unspecified atom stereocenters. The number of primary amides is 1. The van der Waals surface area contributed by atoms with E-state index in [1.165, 1.54) is 6.07 Å². The number of nitrogens with two attached hydrogens (primary N) is 1. The van der Waals surface area contributed by atoms with Gasteiger partial charge < -0.3 is 11.1 Å². The van der Waals surface area contributed by atoms with E-state index in [4.69, 9.17) is 5.73 Å². The fraction of sp³-hybridized carbons (Fsp3) is 0. The van der Waals surface area contributed by atoms with Gasteiger partial charge in [0.15, 0.2) is 0 Å². The molecule has 3 aromatic rings. The summed E-state index contributed by atoms with van der Waals surface area (Å²) < 4.78 is 29.4. The smallest absolute Gasteiger partial charge is 0.337 e. The summed E-state index contributed by atoms with van der Waals surface area (Å²) in [5, 5.41) is 4.34. The molecule has 128 valence electrons. The van der Waals surface area contributed by atoms with Crippen LogP contribution in [0, 0.1) is 0 Å². The highest BCUT2D eigenvalue weighted by Crippen LogP contribution is 2.32. The second-order valence-corrected chi connectivity index (χ2v) is 6.67. The first kappa shape index (κ1) is 16.7. The SMILES string of the molecule is NC(=O)NOS(=O)(=O)c1cccc2cccc(Nc3ccccc3)c12. The molecule has 0 radical (unpaired) electrons. The summed E-state index contributed by atoms with van der Waals surface area (Å²) >= 11 is 0. The molecule has 0 saturated heterocycles. The van der Waals surface area contributed by atoms with Crippen molar-refractivity contribution in [1.29, 1.82) is 0 Å². The molecule has 0 bridgehead atoms. The number of hydroxylamine groups is 1. The van der Waals surface area contributed by atoms with Gasteiger partial charge in [-0.1, -0.05) is 42.5 Å². The third-order valence-corrected chi connectivity index (χ3v) is 4.62. The first-order valence-corrected chi connectivity index (χ1v) is 8.71. The zero-order valence-electron chi connectivity index (χ0n) is 13.0. The average molecular weight is 357 g/mol. The predicted octanol–water partition coefficient (Wildman–Crippen LogP) is 2.87. The van der Waals surface area contributed by atoms with Crippen molar-refractivity contribution >= 4 is 38.3 Å². The Morgan fingerprint density at radius 1 is 0.920 bits per heavy atom.